The third-order valence-corrected chi connectivity index (χ3v) is 10.5. The van der Waals surface area contributed by atoms with Gasteiger partial charge in [-0.1, -0.05) is 82.9 Å². The summed E-state index contributed by atoms with van der Waals surface area (Å²) in [7, 11) is -4.10. The van der Waals surface area contributed by atoms with E-state index >= 15 is 0 Å². The molecule has 0 unspecified atom stereocenters. The van der Waals surface area contributed by atoms with Crippen molar-refractivity contribution in [3.05, 3.63) is 29.8 Å². The van der Waals surface area contributed by atoms with Gasteiger partial charge < -0.3 is 0 Å². The van der Waals surface area contributed by atoms with Gasteiger partial charge in [-0.15, -0.1) is 0 Å². The zero-order chi connectivity index (χ0) is 23.2. The molecule has 0 bridgehead atoms. The molecule has 1 aromatic carbocycles. The van der Waals surface area contributed by atoms with Crippen molar-refractivity contribution in [2.24, 2.45) is 0 Å². The molecule has 0 saturated heterocycles. The van der Waals surface area contributed by atoms with Crippen LogP contribution in [0, 0.1) is 0 Å². The summed E-state index contributed by atoms with van der Waals surface area (Å²) < 4.78 is 35.0. The number of aryl methyl sites for hydroxylation is 1. The van der Waals surface area contributed by atoms with E-state index in [1.165, 1.54) is 83.1 Å². The van der Waals surface area contributed by atoms with E-state index in [1.807, 2.05) is 6.07 Å². The Labute approximate surface area is 204 Å². The first kappa shape index (κ1) is 30.9. The average molecular weight is 559 g/mol. The Bertz CT molecular complexity index is 611. The molecule has 0 fully saturated rings. The molecule has 0 saturated carbocycles. The first-order valence-electron chi connectivity index (χ1n) is 12.7. The normalized spacial score (nSPS) is 11.2. The van der Waals surface area contributed by atoms with Crippen LogP contribution in [0.1, 0.15) is 116 Å². The second kappa shape index (κ2) is 21.8. The van der Waals surface area contributed by atoms with Gasteiger partial charge in [-0.05, 0) is 24.5 Å². The Hall–Kier alpha value is -0.0713. The minimum atomic E-state index is -4.10. The van der Waals surface area contributed by atoms with Gasteiger partial charge in [0.1, 0.15) is 0 Å². The van der Waals surface area contributed by atoms with Crippen molar-refractivity contribution in [3.8, 4) is 0 Å². The van der Waals surface area contributed by atoms with Crippen LogP contribution in [-0.2, 0) is 16.5 Å². The van der Waals surface area contributed by atoms with Crippen molar-refractivity contribution < 1.29 is 13.0 Å². The molecule has 0 atom stereocenters. The van der Waals surface area contributed by atoms with Gasteiger partial charge in [0.05, 0.1) is 4.90 Å². The fourth-order valence-electron chi connectivity index (χ4n) is 3.49. The first-order chi connectivity index (χ1) is 15.0. The van der Waals surface area contributed by atoms with Gasteiger partial charge in [0.25, 0.3) is 10.1 Å². The molecule has 0 amide bonds. The number of hydrogen-bond donors (Lipinski definition) is 1. The summed E-state index contributed by atoms with van der Waals surface area (Å²) in [6, 6.07) is 6.73. The maximum absolute atomic E-state index is 11.3. The Morgan fingerprint density at radius 1 is 0.677 bits per heavy atom. The molecule has 0 aliphatic heterocycles. The van der Waals surface area contributed by atoms with E-state index in [0.717, 1.165) is 18.4 Å². The summed E-state index contributed by atoms with van der Waals surface area (Å²) in [6.45, 7) is 6.82. The molecule has 180 valence electrons. The molecule has 0 heterocycles. The Morgan fingerprint density at radius 2 is 1.13 bits per heavy atom. The zero-order valence-corrected chi connectivity index (χ0v) is 24.2. The number of hydrogen-bond acceptors (Lipinski definition) is 2. The third-order valence-electron chi connectivity index (χ3n) is 5.46. The average Bonchev–Trinajstić information content (AvgIpc) is 2.75. The number of benzene rings is 1. The van der Waals surface area contributed by atoms with E-state index in [9.17, 15) is 13.0 Å². The van der Waals surface area contributed by atoms with E-state index < -0.39 is 10.1 Å². The van der Waals surface area contributed by atoms with Gasteiger partial charge in [0.15, 0.2) is 0 Å². The molecule has 0 aliphatic rings. The van der Waals surface area contributed by atoms with Crippen LogP contribution in [0.4, 0.5) is 0 Å². The first-order valence-corrected chi connectivity index (χ1v) is 18.2. The molecule has 1 N–H and O–H groups in total. The molecular weight excluding hydrogens is 511 g/mol. The molecule has 31 heavy (non-hydrogen) atoms. The Morgan fingerprint density at radius 3 is 1.61 bits per heavy atom. The van der Waals surface area contributed by atoms with E-state index in [0.29, 0.717) is 6.42 Å². The van der Waals surface area contributed by atoms with Gasteiger partial charge in [-0.2, -0.15) is 8.42 Å². The fraction of sp³-hybridized carbons (Fsp3) is 0.769. The van der Waals surface area contributed by atoms with Crippen molar-refractivity contribution in [2.45, 2.75) is 131 Å². The van der Waals surface area contributed by atoms with Crippen LogP contribution in [0.5, 0.6) is 0 Å². The molecule has 2 radical (unpaired) electrons. The zero-order valence-electron chi connectivity index (χ0n) is 20.5. The maximum atomic E-state index is 11.3. The predicted molar refractivity (Wildman–Crippen MR) is 137 cm³/mol. The van der Waals surface area contributed by atoms with Crippen molar-refractivity contribution in [1.82, 2.24) is 0 Å². The van der Waals surface area contributed by atoms with Crippen molar-refractivity contribution in [3.63, 3.8) is 0 Å². The van der Waals surface area contributed by atoms with Gasteiger partial charge in [0.2, 0.25) is 0 Å². The van der Waals surface area contributed by atoms with Gasteiger partial charge in [0, 0.05) is 0 Å². The molecular formula is C26H48O3SSn. The minimum absolute atomic E-state index is 0.0610. The quantitative estimate of drug-likeness (QED) is 0.111. The van der Waals surface area contributed by atoms with E-state index in [4.69, 9.17) is 0 Å². The van der Waals surface area contributed by atoms with Crippen LogP contribution in [0.25, 0.3) is 0 Å². The van der Waals surface area contributed by atoms with Crippen molar-refractivity contribution >= 4 is 31.3 Å². The molecule has 0 spiro atoms. The SMILES string of the molecule is CCCCCCCCCCCCc1ccccc1S(=O)(=O)O.CCC[CH2][Sn][CH2]CCC. The summed E-state index contributed by atoms with van der Waals surface area (Å²) >= 11 is 0.149. The summed E-state index contributed by atoms with van der Waals surface area (Å²) in [4.78, 5) is 0.0610. The molecule has 5 heteroatoms. The molecule has 0 aromatic heterocycles. The summed E-state index contributed by atoms with van der Waals surface area (Å²) in [5.41, 5.74) is 0.726. The summed E-state index contributed by atoms with van der Waals surface area (Å²) in [5.74, 6) is 0. The van der Waals surface area contributed by atoms with Gasteiger partial charge in [-0.3, -0.25) is 4.55 Å². The monoisotopic (exact) mass is 560 g/mol. The molecule has 3 nitrogen and oxygen atoms in total. The van der Waals surface area contributed by atoms with E-state index in [1.54, 1.807) is 21.0 Å². The molecule has 1 rings (SSSR count). The molecule has 0 aliphatic carbocycles. The number of rotatable bonds is 18. The summed E-state index contributed by atoms with van der Waals surface area (Å²) in [6.07, 6.45) is 19.1. The van der Waals surface area contributed by atoms with E-state index in [2.05, 4.69) is 20.8 Å². The van der Waals surface area contributed by atoms with Crippen LogP contribution in [-0.4, -0.2) is 34.1 Å². The van der Waals surface area contributed by atoms with Crippen LogP contribution in [0.15, 0.2) is 29.2 Å². The van der Waals surface area contributed by atoms with E-state index in [-0.39, 0.29) is 26.0 Å². The van der Waals surface area contributed by atoms with Crippen LogP contribution in [0.2, 0.25) is 8.87 Å². The van der Waals surface area contributed by atoms with Gasteiger partial charge >= 0.3 is 69.5 Å². The molecule has 1 aromatic rings. The fourth-order valence-corrected chi connectivity index (χ4v) is 8.40. The van der Waals surface area contributed by atoms with Gasteiger partial charge in [-0.25, -0.2) is 0 Å². The van der Waals surface area contributed by atoms with Crippen LogP contribution in [0.3, 0.4) is 0 Å². The van der Waals surface area contributed by atoms with Crippen LogP contribution >= 0.6 is 0 Å². The van der Waals surface area contributed by atoms with Crippen molar-refractivity contribution in [2.75, 3.05) is 0 Å². The summed E-state index contributed by atoms with van der Waals surface area (Å²) in [5, 5.41) is 0. The Balaban J connectivity index is 0.000000842. The second-order valence-electron chi connectivity index (χ2n) is 8.47. The number of unbranched alkanes of at least 4 members (excludes halogenated alkanes) is 11. The third kappa shape index (κ3) is 19.1. The topological polar surface area (TPSA) is 54.4 Å². The predicted octanol–water partition coefficient (Wildman–Crippen LogP) is 8.52. The standard InChI is InChI=1S/C18H30O3S.2C4H9.Sn/c1-2-3-4-5-6-7-8-9-10-11-14-17-15-12-13-16-18(17)22(19,20)21;2*1-3-4-2;/h12-13,15-16H,2-11,14H2,1H3,(H,19,20,21);2*1,3-4H2,2H3;. The van der Waals surface area contributed by atoms with Crippen LogP contribution < -0.4 is 0 Å². The van der Waals surface area contributed by atoms with Crippen molar-refractivity contribution in [1.29, 1.82) is 0 Å². The Kier molecular flexibility index (Phi) is 21.7. The second-order valence-corrected chi connectivity index (χ2v) is 14.1.